The lowest BCUT2D eigenvalue weighted by molar-refractivity contribution is -0.274. The van der Waals surface area contributed by atoms with Crippen LogP contribution < -0.4 is 4.74 Å². The molecule has 0 spiro atoms. The van der Waals surface area contributed by atoms with E-state index in [-0.39, 0.29) is 10.8 Å². The van der Waals surface area contributed by atoms with Crippen LogP contribution in [-0.4, -0.2) is 6.36 Å². The molecule has 1 aromatic carbocycles. The zero-order chi connectivity index (χ0) is 11.1. The maximum absolute atomic E-state index is 12.0. The zero-order valence-corrected chi connectivity index (χ0v) is 8.71. The summed E-state index contributed by atoms with van der Waals surface area (Å²) >= 11 is 7.05. The van der Waals surface area contributed by atoms with Gasteiger partial charge < -0.3 is 4.74 Å². The molecular weight excluding hydrogens is 249 g/mol. The maximum Gasteiger partial charge on any atom is 0.573 e. The minimum Gasteiger partial charge on any atom is -0.404 e. The summed E-state index contributed by atoms with van der Waals surface area (Å²) in [5, 5.41) is 2.56. The number of hydrogen-bond donors (Lipinski definition) is 0. The third-order valence-electron chi connectivity index (χ3n) is 1.75. The maximum atomic E-state index is 12.0. The normalized spacial score (nSPS) is 12.0. The second-order valence-corrected chi connectivity index (χ2v) is 4.06. The van der Waals surface area contributed by atoms with Gasteiger partial charge in [0.2, 0.25) is 0 Å². The first-order chi connectivity index (χ1) is 6.97. The highest BCUT2D eigenvalue weighted by atomic mass is 35.5. The average molecular weight is 253 g/mol. The van der Waals surface area contributed by atoms with Crippen LogP contribution in [0.4, 0.5) is 13.2 Å². The molecule has 80 valence electrons. The molecule has 1 aromatic heterocycles. The van der Waals surface area contributed by atoms with Crippen molar-refractivity contribution in [3.8, 4) is 5.75 Å². The van der Waals surface area contributed by atoms with Crippen molar-refractivity contribution >= 4 is 33.0 Å². The van der Waals surface area contributed by atoms with Crippen LogP contribution >= 0.6 is 22.9 Å². The van der Waals surface area contributed by atoms with Gasteiger partial charge in [0, 0.05) is 0 Å². The van der Waals surface area contributed by atoms with Crippen LogP contribution in [0.3, 0.4) is 0 Å². The molecule has 0 bridgehead atoms. The molecule has 0 fully saturated rings. The Balaban J connectivity index is 2.48. The lowest BCUT2D eigenvalue weighted by atomic mass is 10.2. The highest BCUT2D eigenvalue weighted by Gasteiger charge is 2.32. The van der Waals surface area contributed by atoms with Crippen LogP contribution in [0, 0.1) is 0 Å². The molecule has 15 heavy (non-hydrogen) atoms. The fraction of sp³-hybridized carbons (Fsp3) is 0.111. The fourth-order valence-corrected chi connectivity index (χ4v) is 2.35. The molecular formula is C9H4ClF3OS. The van der Waals surface area contributed by atoms with Crippen molar-refractivity contribution in [2.75, 3.05) is 0 Å². The van der Waals surface area contributed by atoms with Crippen LogP contribution in [0.2, 0.25) is 5.02 Å². The van der Waals surface area contributed by atoms with E-state index < -0.39 is 6.36 Å². The Morgan fingerprint density at radius 2 is 1.93 bits per heavy atom. The number of alkyl halides is 3. The summed E-state index contributed by atoms with van der Waals surface area (Å²) in [5.41, 5.74) is 0. The Hall–Kier alpha value is -0.940. The summed E-state index contributed by atoms with van der Waals surface area (Å²) in [4.78, 5) is 0. The molecule has 0 aliphatic heterocycles. The first-order valence-corrected chi connectivity index (χ1v) is 5.14. The van der Waals surface area contributed by atoms with E-state index in [1.165, 1.54) is 17.4 Å². The molecule has 0 N–H and O–H groups in total. The van der Waals surface area contributed by atoms with Crippen molar-refractivity contribution in [2.45, 2.75) is 6.36 Å². The van der Waals surface area contributed by atoms with Crippen molar-refractivity contribution in [3.63, 3.8) is 0 Å². The van der Waals surface area contributed by atoms with Crippen molar-refractivity contribution in [1.82, 2.24) is 0 Å². The standard InChI is InChI=1S/C9H4ClF3OS/c10-7-6(14-9(11,12)13)2-1-5-3-4-15-8(5)7/h1-4H. The summed E-state index contributed by atoms with van der Waals surface area (Å²) in [6.45, 7) is 0. The number of ether oxygens (including phenoxy) is 1. The summed E-state index contributed by atoms with van der Waals surface area (Å²) < 4.78 is 40.3. The molecule has 0 saturated carbocycles. The van der Waals surface area contributed by atoms with E-state index in [1.54, 1.807) is 17.5 Å². The Kier molecular flexibility index (Phi) is 2.52. The molecule has 2 rings (SSSR count). The lowest BCUT2D eigenvalue weighted by Gasteiger charge is -2.10. The fourth-order valence-electron chi connectivity index (χ4n) is 1.18. The van der Waals surface area contributed by atoms with Gasteiger partial charge in [0.25, 0.3) is 0 Å². The van der Waals surface area contributed by atoms with Crippen molar-refractivity contribution < 1.29 is 17.9 Å². The molecule has 0 saturated heterocycles. The van der Waals surface area contributed by atoms with Gasteiger partial charge >= 0.3 is 6.36 Å². The van der Waals surface area contributed by atoms with Crippen LogP contribution in [0.25, 0.3) is 10.1 Å². The molecule has 0 aliphatic rings. The van der Waals surface area contributed by atoms with Gasteiger partial charge in [0.05, 0.1) is 4.70 Å². The van der Waals surface area contributed by atoms with Crippen LogP contribution in [0.1, 0.15) is 0 Å². The third-order valence-corrected chi connectivity index (χ3v) is 3.19. The highest BCUT2D eigenvalue weighted by Crippen LogP contribution is 2.38. The van der Waals surface area contributed by atoms with E-state index in [1.807, 2.05) is 0 Å². The SMILES string of the molecule is FC(F)(F)Oc1ccc2ccsc2c1Cl. The summed E-state index contributed by atoms with van der Waals surface area (Å²) in [6, 6.07) is 4.53. The summed E-state index contributed by atoms with van der Waals surface area (Å²) in [6.07, 6.45) is -4.71. The number of rotatable bonds is 1. The van der Waals surface area contributed by atoms with Gasteiger partial charge in [-0.15, -0.1) is 24.5 Å². The van der Waals surface area contributed by atoms with Gasteiger partial charge in [-0.05, 0) is 29.0 Å². The number of benzene rings is 1. The molecule has 6 heteroatoms. The summed E-state index contributed by atoms with van der Waals surface area (Å²) in [7, 11) is 0. The van der Waals surface area contributed by atoms with Gasteiger partial charge in [-0.3, -0.25) is 0 Å². The Bertz CT molecular complexity index is 492. The summed E-state index contributed by atoms with van der Waals surface area (Å²) in [5.74, 6) is -0.362. The van der Waals surface area contributed by atoms with Gasteiger partial charge in [-0.2, -0.15) is 0 Å². The quantitative estimate of drug-likeness (QED) is 0.728. The van der Waals surface area contributed by atoms with Crippen LogP contribution in [-0.2, 0) is 0 Å². The second kappa shape index (κ2) is 3.57. The van der Waals surface area contributed by atoms with Crippen molar-refractivity contribution in [1.29, 1.82) is 0 Å². The first-order valence-electron chi connectivity index (χ1n) is 3.89. The average Bonchev–Trinajstić information content (AvgIpc) is 2.56. The van der Waals surface area contributed by atoms with E-state index >= 15 is 0 Å². The Morgan fingerprint density at radius 1 is 1.20 bits per heavy atom. The Labute approximate surface area is 92.0 Å². The zero-order valence-electron chi connectivity index (χ0n) is 7.14. The van der Waals surface area contributed by atoms with Crippen LogP contribution in [0.5, 0.6) is 5.75 Å². The van der Waals surface area contributed by atoms with Crippen LogP contribution in [0.15, 0.2) is 23.6 Å². The number of fused-ring (bicyclic) bond motifs is 1. The molecule has 0 aliphatic carbocycles. The van der Waals surface area contributed by atoms with Crippen molar-refractivity contribution in [2.24, 2.45) is 0 Å². The first kappa shape index (κ1) is 10.6. The van der Waals surface area contributed by atoms with E-state index in [0.29, 0.717) is 4.70 Å². The van der Waals surface area contributed by atoms with Gasteiger partial charge in [0.1, 0.15) is 10.8 Å². The number of hydrogen-bond acceptors (Lipinski definition) is 2. The number of halogens is 4. The van der Waals surface area contributed by atoms with E-state index in [4.69, 9.17) is 11.6 Å². The minimum atomic E-state index is -4.71. The largest absolute Gasteiger partial charge is 0.573 e. The Morgan fingerprint density at radius 3 is 2.60 bits per heavy atom. The molecule has 0 amide bonds. The second-order valence-electron chi connectivity index (χ2n) is 2.76. The number of thiophene rings is 1. The smallest absolute Gasteiger partial charge is 0.404 e. The molecule has 1 nitrogen and oxygen atoms in total. The monoisotopic (exact) mass is 252 g/mol. The van der Waals surface area contributed by atoms with Gasteiger partial charge in [0.15, 0.2) is 0 Å². The van der Waals surface area contributed by atoms with E-state index in [0.717, 1.165) is 5.39 Å². The lowest BCUT2D eigenvalue weighted by Crippen LogP contribution is -2.17. The minimum absolute atomic E-state index is 0.000162. The van der Waals surface area contributed by atoms with Crippen molar-refractivity contribution in [3.05, 3.63) is 28.6 Å². The third kappa shape index (κ3) is 2.18. The molecule has 0 unspecified atom stereocenters. The molecule has 0 radical (unpaired) electrons. The predicted molar refractivity (Wildman–Crippen MR) is 53.5 cm³/mol. The van der Waals surface area contributed by atoms with Gasteiger partial charge in [-0.1, -0.05) is 11.6 Å². The van der Waals surface area contributed by atoms with E-state index in [2.05, 4.69) is 4.74 Å². The molecule has 0 atom stereocenters. The topological polar surface area (TPSA) is 9.23 Å². The van der Waals surface area contributed by atoms with Gasteiger partial charge in [-0.25, -0.2) is 0 Å². The molecule has 1 heterocycles. The predicted octanol–water partition coefficient (Wildman–Crippen LogP) is 4.45. The molecule has 2 aromatic rings. The van der Waals surface area contributed by atoms with E-state index in [9.17, 15) is 13.2 Å². The highest BCUT2D eigenvalue weighted by molar-refractivity contribution is 7.17.